The minimum atomic E-state index is -1.02. The van der Waals surface area contributed by atoms with Crippen LogP contribution in [-0.2, 0) is 15.1 Å². The number of hydrogen-bond donors (Lipinski definition) is 0. The number of hydrogen-bond acceptors (Lipinski definition) is 2. The molecule has 7 rings (SSSR count). The van der Waals surface area contributed by atoms with Crippen molar-refractivity contribution in [2.24, 2.45) is 0 Å². The van der Waals surface area contributed by atoms with E-state index in [2.05, 4.69) is 178 Å². The Hall–Kier alpha value is -2.64. The van der Waals surface area contributed by atoms with Crippen LogP contribution in [0.25, 0.3) is 11.1 Å². The normalized spacial score (nSPS) is 10.6. The van der Waals surface area contributed by atoms with Crippen LogP contribution in [0.2, 0.25) is 10.0 Å². The monoisotopic (exact) mass is 1040 g/mol. The van der Waals surface area contributed by atoms with Crippen LogP contribution in [0.4, 0.5) is 0 Å². The quantitative estimate of drug-likeness (QED) is 0.0772. The zero-order valence-corrected chi connectivity index (χ0v) is 41.8. The predicted molar refractivity (Wildman–Crippen MR) is 266 cm³/mol. The summed E-state index contributed by atoms with van der Waals surface area (Å²) in [6.45, 7) is 6.54. The van der Waals surface area contributed by atoms with E-state index in [1.165, 1.54) is 32.3 Å². The van der Waals surface area contributed by atoms with Crippen molar-refractivity contribution in [1.29, 1.82) is 0 Å². The van der Waals surface area contributed by atoms with Crippen LogP contribution in [0.5, 0.6) is 11.5 Å². The van der Waals surface area contributed by atoms with E-state index in [1.807, 2.05) is 12.1 Å². The molecule has 0 aliphatic rings. The summed E-state index contributed by atoms with van der Waals surface area (Å²) in [7, 11) is 11.0. The summed E-state index contributed by atoms with van der Waals surface area (Å²) in [6, 6.07) is 59.4. The van der Waals surface area contributed by atoms with Gasteiger partial charge in [-0.25, -0.2) is 0 Å². The molecule has 0 saturated carbocycles. The number of alkyl halides is 2. The summed E-state index contributed by atoms with van der Waals surface area (Å²) in [6.07, 6.45) is 0. The van der Waals surface area contributed by atoms with Gasteiger partial charge in [-0.05, 0) is 78.2 Å². The minimum absolute atomic E-state index is 0.194. The number of rotatable bonds is 10. The average molecular weight is 1040 g/mol. The number of ether oxygens (including phenoxy) is 2. The molecule has 314 valence electrons. The van der Waals surface area contributed by atoms with Crippen LogP contribution in [0, 0.1) is 6.92 Å². The van der Waals surface area contributed by atoms with Gasteiger partial charge in [0.15, 0.2) is 0 Å². The zero-order valence-electron chi connectivity index (χ0n) is 33.8. The Labute approximate surface area is 394 Å². The van der Waals surface area contributed by atoms with Crippen molar-refractivity contribution in [2.45, 2.75) is 26.7 Å². The first-order chi connectivity index (χ1) is 29.1. The number of aryl methyl sites for hydroxylation is 1. The second-order valence-electron chi connectivity index (χ2n) is 13.2. The average Bonchev–Trinajstić information content (AvgIpc) is 3.27. The van der Waals surface area contributed by atoms with Gasteiger partial charge in [0.05, 0.1) is 29.6 Å². The first-order valence-corrected chi connectivity index (χ1v) is 27.7. The van der Waals surface area contributed by atoms with Gasteiger partial charge in [-0.15, -0.1) is 23.2 Å². The SMILES string of the molecule is COc1c(Cl)ccc(P(c2ccccc2)c2ccccc2)c1-c1c(P(c2ccccc2)c2ccccc2)ccc(Cl)c1OC.Cc1ccc(C(C)C)cc1.ClCCl.[Cl][Ru][Cl]. The molecule has 0 saturated heterocycles. The molecule has 0 amide bonds. The molecule has 60 heavy (non-hydrogen) atoms. The standard InChI is InChI=1S/C38H30Cl2O2P2.C10H14.CH2Cl2.2ClH.Ru/c1-41-37-31(39)23-25-33(43(27-15-7-3-8-16-27)28-17-9-4-10-18-28)35(37)36-34(26-24-32(40)38(36)42-2)44(29-19-11-5-12-20-29)30-21-13-6-14-22-30;1-8(2)10-6-4-9(3)5-7-10;2-1-3;;;/h3-26H,1-2H3;4-8H,1-3H3;1H2;2*1H;/q;;;;;+2/p-2. The zero-order chi connectivity index (χ0) is 43.4. The van der Waals surface area contributed by atoms with Crippen molar-refractivity contribution in [2.75, 3.05) is 19.6 Å². The van der Waals surface area contributed by atoms with Gasteiger partial charge in [0.2, 0.25) is 0 Å². The molecule has 0 aliphatic heterocycles. The first-order valence-electron chi connectivity index (χ1n) is 18.7. The molecule has 11 heteroatoms. The van der Waals surface area contributed by atoms with Crippen LogP contribution in [0.15, 0.2) is 170 Å². The summed E-state index contributed by atoms with van der Waals surface area (Å²) in [5.41, 5.74) is 4.55. The first kappa shape index (κ1) is 50.0. The Bertz CT molecular complexity index is 2090. The Morgan fingerprint density at radius 2 is 0.767 bits per heavy atom. The van der Waals surface area contributed by atoms with Gasteiger partial charge in [0, 0.05) is 11.1 Å². The van der Waals surface area contributed by atoms with E-state index >= 15 is 0 Å². The van der Waals surface area contributed by atoms with Crippen molar-refractivity contribution < 1.29 is 24.6 Å². The number of methoxy groups -OCH3 is 2. The van der Waals surface area contributed by atoms with Crippen molar-refractivity contribution in [1.82, 2.24) is 0 Å². The third-order valence-electron chi connectivity index (χ3n) is 9.12. The summed E-state index contributed by atoms with van der Waals surface area (Å²) in [5, 5.41) is 8.34. The third-order valence-corrected chi connectivity index (χ3v) is 14.7. The molecule has 0 unspecified atom stereocenters. The topological polar surface area (TPSA) is 18.5 Å². The van der Waals surface area contributed by atoms with Crippen molar-refractivity contribution in [3.05, 3.63) is 191 Å². The van der Waals surface area contributed by atoms with Crippen molar-refractivity contribution in [3.8, 4) is 22.6 Å². The van der Waals surface area contributed by atoms with Crippen LogP contribution in [0.1, 0.15) is 30.9 Å². The molecular weight excluding hydrogens is 996 g/mol. The van der Waals surface area contributed by atoms with Gasteiger partial charge in [-0.2, -0.15) is 0 Å². The van der Waals surface area contributed by atoms with Gasteiger partial charge in [-0.1, -0.05) is 200 Å². The van der Waals surface area contributed by atoms with Crippen LogP contribution >= 0.6 is 81.6 Å². The third kappa shape index (κ3) is 13.7. The van der Waals surface area contributed by atoms with Crippen LogP contribution < -0.4 is 41.3 Å². The van der Waals surface area contributed by atoms with E-state index in [-0.39, 0.29) is 20.5 Å². The molecule has 0 heterocycles. The summed E-state index contributed by atoms with van der Waals surface area (Å²) >= 11 is 23.1. The fraction of sp³-hybridized carbons (Fsp3) is 0.143. The molecule has 0 aromatic heterocycles. The fourth-order valence-corrected chi connectivity index (χ4v) is 11.8. The molecular formula is C49H46Cl6O2P2Ru. The molecule has 0 spiro atoms. The Morgan fingerprint density at radius 3 is 1.02 bits per heavy atom. The van der Waals surface area contributed by atoms with Crippen LogP contribution in [0.3, 0.4) is 0 Å². The second-order valence-corrected chi connectivity index (χ2v) is 21.8. The van der Waals surface area contributed by atoms with E-state index < -0.39 is 15.8 Å². The van der Waals surface area contributed by atoms with Crippen LogP contribution in [-0.4, -0.2) is 19.6 Å². The molecule has 0 radical (unpaired) electrons. The van der Waals surface area contributed by atoms with E-state index in [4.69, 9.17) is 75.3 Å². The van der Waals surface area contributed by atoms with Gasteiger partial charge < -0.3 is 9.47 Å². The van der Waals surface area contributed by atoms with E-state index in [0.717, 1.165) is 21.7 Å². The molecule has 0 fully saturated rings. The van der Waals surface area contributed by atoms with Gasteiger partial charge in [0.25, 0.3) is 0 Å². The number of benzene rings is 7. The van der Waals surface area contributed by atoms with E-state index in [0.29, 0.717) is 27.5 Å². The fourth-order valence-electron chi connectivity index (χ4n) is 6.46. The molecule has 7 aromatic rings. The molecule has 2 nitrogen and oxygen atoms in total. The molecule has 0 atom stereocenters. The van der Waals surface area contributed by atoms with Crippen molar-refractivity contribution in [3.63, 3.8) is 0 Å². The Morgan fingerprint density at radius 1 is 0.483 bits per heavy atom. The predicted octanol–water partition coefficient (Wildman–Crippen LogP) is 14.1. The molecule has 0 bridgehead atoms. The summed E-state index contributed by atoms with van der Waals surface area (Å²) in [5.74, 6) is 1.85. The second kappa shape index (κ2) is 26.8. The Balaban J connectivity index is 0.000000420. The van der Waals surface area contributed by atoms with Gasteiger partial charge >= 0.3 is 34.5 Å². The molecule has 7 aromatic carbocycles. The maximum atomic E-state index is 6.96. The summed E-state index contributed by atoms with van der Waals surface area (Å²) < 4.78 is 12.3. The Kier molecular flexibility index (Phi) is 22.3. The van der Waals surface area contributed by atoms with E-state index in [9.17, 15) is 0 Å². The van der Waals surface area contributed by atoms with Crippen molar-refractivity contribution >= 4 is 113 Å². The maximum absolute atomic E-state index is 6.96. The van der Waals surface area contributed by atoms with E-state index in [1.54, 1.807) is 14.2 Å². The molecule has 0 N–H and O–H groups in total. The molecule has 0 aliphatic carbocycles. The number of halogens is 6. The van der Waals surface area contributed by atoms with Gasteiger partial charge in [-0.3, -0.25) is 0 Å². The van der Waals surface area contributed by atoms with Gasteiger partial charge in [0.1, 0.15) is 11.5 Å². The summed E-state index contributed by atoms with van der Waals surface area (Å²) in [4.78, 5) is 0.